The highest BCUT2D eigenvalue weighted by molar-refractivity contribution is 5.93. The fourth-order valence-electron chi connectivity index (χ4n) is 4.34. The Hall–Kier alpha value is -4.72. The highest BCUT2D eigenvalue weighted by atomic mass is 16.5. The number of carbonyl (C=O) groups excluding carboxylic acids is 1. The van der Waals surface area contributed by atoms with Crippen molar-refractivity contribution in [2.75, 3.05) is 6.61 Å². The summed E-state index contributed by atoms with van der Waals surface area (Å²) >= 11 is 0. The molecule has 8 nitrogen and oxygen atoms in total. The number of hydrogen-bond donors (Lipinski definition) is 3. The van der Waals surface area contributed by atoms with E-state index in [1.54, 1.807) is 6.07 Å². The van der Waals surface area contributed by atoms with Crippen LogP contribution < -0.4 is 14.9 Å². The molecule has 5 rings (SSSR count). The third-order valence-corrected chi connectivity index (χ3v) is 5.95. The zero-order valence-electron chi connectivity index (χ0n) is 19.3. The first-order valence-corrected chi connectivity index (χ1v) is 11.2. The Morgan fingerprint density at radius 1 is 1.03 bits per heavy atom. The van der Waals surface area contributed by atoms with Crippen LogP contribution in [0.1, 0.15) is 30.4 Å². The molecule has 0 unspecified atom stereocenters. The Balaban J connectivity index is 1.77. The molecule has 1 aliphatic heterocycles. The van der Waals surface area contributed by atoms with Crippen LogP contribution in [0.2, 0.25) is 0 Å². The summed E-state index contributed by atoms with van der Waals surface area (Å²) in [7, 11) is 0. The molecule has 0 aliphatic carbocycles. The highest BCUT2D eigenvalue weighted by Gasteiger charge is 2.35. The van der Waals surface area contributed by atoms with Gasteiger partial charge in [-0.1, -0.05) is 24.8 Å². The summed E-state index contributed by atoms with van der Waals surface area (Å²) in [5.41, 5.74) is 1.76. The molecular weight excluding hydrogens is 464 g/mol. The molecule has 0 amide bonds. The van der Waals surface area contributed by atoms with Crippen LogP contribution in [-0.2, 0) is 4.79 Å². The van der Waals surface area contributed by atoms with E-state index in [1.165, 1.54) is 30.3 Å². The maximum absolute atomic E-state index is 13.1. The van der Waals surface area contributed by atoms with Crippen molar-refractivity contribution in [3.05, 3.63) is 88.1 Å². The number of ether oxygens (including phenoxy) is 2. The summed E-state index contributed by atoms with van der Waals surface area (Å²) < 4.78 is 17.5. The van der Waals surface area contributed by atoms with E-state index in [-0.39, 0.29) is 47.0 Å². The first-order chi connectivity index (χ1) is 17.2. The van der Waals surface area contributed by atoms with E-state index in [1.807, 2.05) is 25.1 Å². The Kier molecular flexibility index (Phi) is 5.64. The van der Waals surface area contributed by atoms with Crippen LogP contribution in [0.5, 0.6) is 28.7 Å². The lowest BCUT2D eigenvalue weighted by Gasteiger charge is -2.27. The topological polar surface area (TPSA) is 126 Å². The minimum absolute atomic E-state index is 0.0474. The average molecular weight is 486 g/mol. The van der Waals surface area contributed by atoms with Crippen LogP contribution in [0.3, 0.4) is 0 Å². The molecule has 4 aromatic rings. The van der Waals surface area contributed by atoms with Crippen molar-refractivity contribution in [2.45, 2.75) is 19.3 Å². The number of carbonyl (C=O) groups is 1. The van der Waals surface area contributed by atoms with Crippen LogP contribution in [0.4, 0.5) is 0 Å². The zero-order chi connectivity index (χ0) is 25.6. The van der Waals surface area contributed by atoms with Crippen molar-refractivity contribution < 1.29 is 34.0 Å². The second-order valence-electron chi connectivity index (χ2n) is 8.70. The van der Waals surface area contributed by atoms with Gasteiger partial charge < -0.3 is 29.2 Å². The minimum atomic E-state index is -0.600. The Morgan fingerprint density at radius 2 is 1.81 bits per heavy atom. The second kappa shape index (κ2) is 8.81. The predicted molar refractivity (Wildman–Crippen MR) is 132 cm³/mol. The van der Waals surface area contributed by atoms with Crippen LogP contribution in [0.25, 0.3) is 22.3 Å². The first kappa shape index (κ1) is 23.0. The zero-order valence-corrected chi connectivity index (χ0v) is 19.3. The second-order valence-corrected chi connectivity index (χ2v) is 8.70. The van der Waals surface area contributed by atoms with Gasteiger partial charge in [0.05, 0.1) is 6.42 Å². The highest BCUT2D eigenvalue weighted by Crippen LogP contribution is 2.48. The number of esters is 1. The largest absolute Gasteiger partial charge is 0.507 e. The lowest BCUT2D eigenvalue weighted by Crippen LogP contribution is -2.22. The summed E-state index contributed by atoms with van der Waals surface area (Å²) in [5.74, 6) is -1.51. The number of phenols is 3. The smallest absolute Gasteiger partial charge is 0.312 e. The fraction of sp³-hybridized carbons (Fsp3) is 0.143. The van der Waals surface area contributed by atoms with E-state index >= 15 is 0 Å². The maximum atomic E-state index is 13.1. The van der Waals surface area contributed by atoms with Crippen molar-refractivity contribution in [2.24, 2.45) is 0 Å². The lowest BCUT2D eigenvalue weighted by molar-refractivity contribution is -0.135. The van der Waals surface area contributed by atoms with Crippen molar-refractivity contribution >= 4 is 16.9 Å². The number of benzene rings is 3. The van der Waals surface area contributed by atoms with Crippen LogP contribution in [-0.4, -0.2) is 27.9 Å². The van der Waals surface area contributed by atoms with Crippen LogP contribution in [0.15, 0.2) is 76.0 Å². The van der Waals surface area contributed by atoms with E-state index in [9.17, 15) is 24.9 Å². The molecule has 3 N–H and O–H groups in total. The molecule has 1 aromatic heterocycles. The van der Waals surface area contributed by atoms with E-state index in [0.29, 0.717) is 22.4 Å². The normalized spacial score (nSPS) is 14.8. The molecule has 0 fully saturated rings. The van der Waals surface area contributed by atoms with E-state index in [2.05, 4.69) is 6.58 Å². The van der Waals surface area contributed by atoms with E-state index in [0.717, 1.165) is 5.57 Å². The summed E-state index contributed by atoms with van der Waals surface area (Å²) in [6, 6.07) is 13.7. The molecule has 36 heavy (non-hydrogen) atoms. The number of para-hydroxylation sites is 1. The van der Waals surface area contributed by atoms with Crippen LogP contribution in [0, 0.1) is 0 Å². The van der Waals surface area contributed by atoms with Crippen molar-refractivity contribution in [1.82, 2.24) is 0 Å². The third-order valence-electron chi connectivity index (χ3n) is 5.95. The molecule has 0 spiro atoms. The van der Waals surface area contributed by atoms with Gasteiger partial charge in [-0.2, -0.15) is 0 Å². The average Bonchev–Trinajstić information content (AvgIpc) is 2.83. The quantitative estimate of drug-likeness (QED) is 0.156. The monoisotopic (exact) mass is 486 g/mol. The Bertz CT molecular complexity index is 1600. The fourth-order valence-corrected chi connectivity index (χ4v) is 4.34. The molecule has 8 heteroatoms. The van der Waals surface area contributed by atoms with Gasteiger partial charge in [-0.15, -0.1) is 0 Å². The Morgan fingerprint density at radius 3 is 2.56 bits per heavy atom. The van der Waals surface area contributed by atoms with Gasteiger partial charge >= 0.3 is 5.97 Å². The van der Waals surface area contributed by atoms with E-state index in [4.69, 9.17) is 13.9 Å². The minimum Gasteiger partial charge on any atom is -0.507 e. The third kappa shape index (κ3) is 4.02. The van der Waals surface area contributed by atoms with Crippen LogP contribution >= 0.6 is 0 Å². The summed E-state index contributed by atoms with van der Waals surface area (Å²) in [5, 5.41) is 30.2. The maximum Gasteiger partial charge on any atom is 0.312 e. The van der Waals surface area contributed by atoms with Crippen molar-refractivity contribution in [3.63, 3.8) is 0 Å². The number of rotatable bonds is 5. The van der Waals surface area contributed by atoms with Gasteiger partial charge in [-0.25, -0.2) is 0 Å². The standard InChI is InChI=1S/C28H22O8/c1-14(2)13-34-22-6-4-3-5-16(22)17-10-25(33)35-24-12-21(32)27-20(31)11-23(36-28(27)26(17)24)15-7-8-18(29)19(30)9-15/h3-9,11-12,17,29-30,32H,1,10,13H2,2H3/t17-/m1/s1. The summed E-state index contributed by atoms with van der Waals surface area (Å²) in [6.45, 7) is 5.98. The molecule has 0 saturated carbocycles. The molecular formula is C28H22O8. The number of hydrogen-bond acceptors (Lipinski definition) is 8. The van der Waals surface area contributed by atoms with Crippen molar-refractivity contribution in [1.29, 1.82) is 0 Å². The van der Waals surface area contributed by atoms with Gasteiger partial charge in [0.1, 0.15) is 40.6 Å². The summed E-state index contributed by atoms with van der Waals surface area (Å²) in [4.78, 5) is 25.7. The Labute approximate surface area is 205 Å². The molecule has 1 aliphatic rings. The predicted octanol–water partition coefficient (Wildman–Crippen LogP) is 4.97. The number of fused-ring (bicyclic) bond motifs is 3. The summed E-state index contributed by atoms with van der Waals surface area (Å²) in [6.07, 6.45) is -0.0474. The van der Waals surface area contributed by atoms with Gasteiger partial charge in [0.25, 0.3) is 0 Å². The van der Waals surface area contributed by atoms with E-state index < -0.39 is 23.1 Å². The molecule has 0 bridgehead atoms. The molecule has 182 valence electrons. The molecule has 3 aromatic carbocycles. The SMILES string of the molecule is C=C(C)COc1ccccc1[C@H]1CC(=O)Oc2cc(O)c3c(=O)cc(-c4ccc(O)c(O)c4)oc3c21. The van der Waals surface area contributed by atoms with Gasteiger partial charge in [0.15, 0.2) is 16.9 Å². The molecule has 1 atom stereocenters. The number of phenolic OH excluding ortho intramolecular Hbond substituents is 3. The van der Waals surface area contributed by atoms with Gasteiger partial charge in [0, 0.05) is 34.7 Å². The van der Waals surface area contributed by atoms with Gasteiger partial charge in [0.2, 0.25) is 0 Å². The first-order valence-electron chi connectivity index (χ1n) is 11.2. The molecule has 2 heterocycles. The van der Waals surface area contributed by atoms with Crippen molar-refractivity contribution in [3.8, 4) is 40.1 Å². The lowest BCUT2D eigenvalue weighted by atomic mass is 9.84. The van der Waals surface area contributed by atoms with Gasteiger partial charge in [-0.3, -0.25) is 9.59 Å². The number of aromatic hydroxyl groups is 3. The molecule has 0 saturated heterocycles. The molecule has 0 radical (unpaired) electrons. The van der Waals surface area contributed by atoms with Gasteiger partial charge in [-0.05, 0) is 36.8 Å².